The van der Waals surface area contributed by atoms with Crippen LogP contribution in [-0.4, -0.2) is 4.98 Å². The van der Waals surface area contributed by atoms with Gasteiger partial charge in [0.1, 0.15) is 0 Å². The first-order valence-corrected chi connectivity index (χ1v) is 14.4. The molecule has 1 aromatic heterocycles. The molecule has 8 rings (SSSR count). The number of pyridine rings is 1. The molecule has 8 aromatic rings. The van der Waals surface area contributed by atoms with Crippen molar-refractivity contribution in [3.8, 4) is 44.8 Å². The third kappa shape index (κ3) is 4.15. The fraction of sp³-hybridized carbons (Fsp3) is 0. The molecule has 1 heteroatoms. The average Bonchev–Trinajstić information content (AvgIpc) is 3.09. The van der Waals surface area contributed by atoms with Crippen molar-refractivity contribution >= 4 is 32.3 Å². The van der Waals surface area contributed by atoms with E-state index >= 15 is 0 Å². The summed E-state index contributed by atoms with van der Waals surface area (Å²) in [6.07, 6.45) is 0. The number of hydrogen-bond acceptors (Lipinski definition) is 1. The molecule has 0 spiro atoms. The molecular weight excluding hydrogens is 506 g/mol. The van der Waals surface area contributed by atoms with Crippen LogP contribution in [0.5, 0.6) is 0 Å². The Morgan fingerprint density at radius 2 is 0.667 bits per heavy atom. The highest BCUT2D eigenvalue weighted by molar-refractivity contribution is 6.25. The third-order valence-electron chi connectivity index (χ3n) is 8.26. The monoisotopic (exact) mass is 533 g/mol. The van der Waals surface area contributed by atoms with Crippen LogP contribution < -0.4 is 0 Å². The summed E-state index contributed by atoms with van der Waals surface area (Å²) in [6, 6.07) is 58.6. The Labute approximate surface area is 245 Å². The minimum absolute atomic E-state index is 0.970. The zero-order valence-electron chi connectivity index (χ0n) is 23.0. The first kappa shape index (κ1) is 24.3. The van der Waals surface area contributed by atoms with Gasteiger partial charge in [-0.25, -0.2) is 4.98 Å². The molecular formula is C41H27N. The standard InChI is InChI=1S/C41H27N/c1-3-13-28(14-4-1)40-26-31(27-41(42-40)29-15-5-2-6-16-29)33-18-8-7-17-32(33)30-23-24-38-36-21-10-9-19-34(36)35-20-11-12-22-37(35)39(38)25-30/h1-27H. The van der Waals surface area contributed by atoms with Crippen molar-refractivity contribution in [3.05, 3.63) is 164 Å². The van der Waals surface area contributed by atoms with Gasteiger partial charge >= 0.3 is 0 Å². The summed E-state index contributed by atoms with van der Waals surface area (Å²) >= 11 is 0. The Morgan fingerprint density at radius 3 is 1.19 bits per heavy atom. The Morgan fingerprint density at radius 1 is 0.262 bits per heavy atom. The lowest BCUT2D eigenvalue weighted by atomic mass is 9.89. The van der Waals surface area contributed by atoms with Gasteiger partial charge in [-0.15, -0.1) is 0 Å². The van der Waals surface area contributed by atoms with Gasteiger partial charge in [0.25, 0.3) is 0 Å². The molecule has 7 aromatic carbocycles. The maximum Gasteiger partial charge on any atom is 0.0715 e. The van der Waals surface area contributed by atoms with Crippen molar-refractivity contribution < 1.29 is 0 Å². The summed E-state index contributed by atoms with van der Waals surface area (Å²) in [7, 11) is 0. The van der Waals surface area contributed by atoms with Gasteiger partial charge in [0.15, 0.2) is 0 Å². The lowest BCUT2D eigenvalue weighted by Gasteiger charge is -2.15. The molecule has 42 heavy (non-hydrogen) atoms. The van der Waals surface area contributed by atoms with Crippen molar-refractivity contribution in [2.45, 2.75) is 0 Å². The van der Waals surface area contributed by atoms with E-state index in [1.165, 1.54) is 49.0 Å². The molecule has 0 saturated heterocycles. The zero-order chi connectivity index (χ0) is 27.9. The molecule has 1 nitrogen and oxygen atoms in total. The van der Waals surface area contributed by atoms with Gasteiger partial charge in [-0.1, -0.05) is 146 Å². The van der Waals surface area contributed by atoms with Crippen LogP contribution in [0.3, 0.4) is 0 Å². The van der Waals surface area contributed by atoms with Crippen LogP contribution in [0.2, 0.25) is 0 Å². The molecule has 0 N–H and O–H groups in total. The van der Waals surface area contributed by atoms with E-state index in [-0.39, 0.29) is 0 Å². The molecule has 0 radical (unpaired) electrons. The lowest BCUT2D eigenvalue weighted by molar-refractivity contribution is 1.32. The maximum absolute atomic E-state index is 5.11. The van der Waals surface area contributed by atoms with Crippen LogP contribution in [-0.2, 0) is 0 Å². The Kier molecular flexibility index (Phi) is 5.86. The van der Waals surface area contributed by atoms with Gasteiger partial charge in [0, 0.05) is 11.1 Å². The molecule has 0 saturated carbocycles. The summed E-state index contributed by atoms with van der Waals surface area (Å²) < 4.78 is 0. The van der Waals surface area contributed by atoms with Crippen LogP contribution >= 0.6 is 0 Å². The van der Waals surface area contributed by atoms with E-state index in [0.717, 1.165) is 28.1 Å². The molecule has 0 amide bonds. The Balaban J connectivity index is 1.36. The molecule has 196 valence electrons. The van der Waals surface area contributed by atoms with E-state index in [2.05, 4.69) is 152 Å². The summed E-state index contributed by atoms with van der Waals surface area (Å²) in [4.78, 5) is 5.11. The summed E-state index contributed by atoms with van der Waals surface area (Å²) in [6.45, 7) is 0. The van der Waals surface area contributed by atoms with Crippen LogP contribution in [0.15, 0.2) is 164 Å². The second-order valence-electron chi connectivity index (χ2n) is 10.8. The highest BCUT2D eigenvalue weighted by Gasteiger charge is 2.14. The van der Waals surface area contributed by atoms with Crippen LogP contribution in [0, 0.1) is 0 Å². The van der Waals surface area contributed by atoms with E-state index in [4.69, 9.17) is 4.98 Å². The van der Waals surface area contributed by atoms with E-state index < -0.39 is 0 Å². The van der Waals surface area contributed by atoms with Crippen molar-refractivity contribution in [1.29, 1.82) is 0 Å². The average molecular weight is 534 g/mol. The smallest absolute Gasteiger partial charge is 0.0715 e. The number of hydrogen-bond donors (Lipinski definition) is 0. The van der Waals surface area contributed by atoms with Crippen LogP contribution in [0.1, 0.15) is 0 Å². The van der Waals surface area contributed by atoms with Gasteiger partial charge in [-0.2, -0.15) is 0 Å². The van der Waals surface area contributed by atoms with Gasteiger partial charge < -0.3 is 0 Å². The second kappa shape index (κ2) is 10.1. The Hall–Kier alpha value is -5.53. The first-order chi connectivity index (χ1) is 20.8. The van der Waals surface area contributed by atoms with Gasteiger partial charge in [0.2, 0.25) is 0 Å². The largest absolute Gasteiger partial charge is 0.248 e. The molecule has 0 aliphatic rings. The maximum atomic E-state index is 5.11. The third-order valence-corrected chi connectivity index (χ3v) is 8.26. The molecule has 0 unspecified atom stereocenters. The van der Waals surface area contributed by atoms with Crippen LogP contribution in [0.4, 0.5) is 0 Å². The molecule has 0 atom stereocenters. The first-order valence-electron chi connectivity index (χ1n) is 14.4. The van der Waals surface area contributed by atoms with E-state index in [9.17, 15) is 0 Å². The predicted molar refractivity (Wildman–Crippen MR) is 178 cm³/mol. The number of aromatic nitrogens is 1. The zero-order valence-corrected chi connectivity index (χ0v) is 23.0. The van der Waals surface area contributed by atoms with E-state index in [0.29, 0.717) is 0 Å². The molecule has 0 fully saturated rings. The summed E-state index contributed by atoms with van der Waals surface area (Å²) in [5, 5.41) is 7.73. The minimum Gasteiger partial charge on any atom is -0.248 e. The number of benzene rings is 7. The number of fused-ring (bicyclic) bond motifs is 6. The Bertz CT molecular complexity index is 2140. The quantitative estimate of drug-likeness (QED) is 0.205. The summed E-state index contributed by atoms with van der Waals surface area (Å²) in [5.41, 5.74) is 8.92. The van der Waals surface area contributed by atoms with Gasteiger partial charge in [-0.3, -0.25) is 0 Å². The van der Waals surface area contributed by atoms with Crippen molar-refractivity contribution in [1.82, 2.24) is 4.98 Å². The molecule has 1 heterocycles. The number of rotatable bonds is 4. The molecule has 0 bridgehead atoms. The topological polar surface area (TPSA) is 12.9 Å². The fourth-order valence-electron chi connectivity index (χ4n) is 6.26. The fourth-order valence-corrected chi connectivity index (χ4v) is 6.26. The van der Waals surface area contributed by atoms with Crippen LogP contribution in [0.25, 0.3) is 77.1 Å². The van der Waals surface area contributed by atoms with Gasteiger partial charge in [0.05, 0.1) is 11.4 Å². The van der Waals surface area contributed by atoms with E-state index in [1.54, 1.807) is 0 Å². The summed E-state index contributed by atoms with van der Waals surface area (Å²) in [5.74, 6) is 0. The van der Waals surface area contributed by atoms with Crippen molar-refractivity contribution in [2.24, 2.45) is 0 Å². The van der Waals surface area contributed by atoms with Gasteiger partial charge in [-0.05, 0) is 72.8 Å². The SMILES string of the molecule is c1ccc(-c2cc(-c3ccccc3-c3ccc4c5ccccc5c5ccccc5c4c3)cc(-c3ccccc3)n2)cc1. The molecule has 0 aliphatic heterocycles. The predicted octanol–water partition coefficient (Wildman–Crippen LogP) is 11.2. The van der Waals surface area contributed by atoms with Crippen molar-refractivity contribution in [2.75, 3.05) is 0 Å². The van der Waals surface area contributed by atoms with E-state index in [1.807, 2.05) is 12.1 Å². The minimum atomic E-state index is 0.970. The molecule has 0 aliphatic carbocycles. The highest BCUT2D eigenvalue weighted by atomic mass is 14.7. The number of nitrogens with zero attached hydrogens (tertiary/aromatic N) is 1. The van der Waals surface area contributed by atoms with Crippen molar-refractivity contribution in [3.63, 3.8) is 0 Å². The lowest BCUT2D eigenvalue weighted by Crippen LogP contribution is -1.93. The normalized spacial score (nSPS) is 11.3. The second-order valence-corrected chi connectivity index (χ2v) is 10.8. The highest BCUT2D eigenvalue weighted by Crippen LogP contribution is 2.40.